The van der Waals surface area contributed by atoms with Crippen LogP contribution in [-0.4, -0.2) is 11.2 Å². The number of hydrogen-bond donors (Lipinski definition) is 0. The maximum absolute atomic E-state index is 9.47. The highest BCUT2D eigenvalue weighted by atomic mass is 32.1. The van der Waals surface area contributed by atoms with Crippen LogP contribution in [0.1, 0.15) is 13.3 Å². The van der Waals surface area contributed by atoms with Gasteiger partial charge in [0.15, 0.2) is 0 Å². The third kappa shape index (κ3) is 2.03. The summed E-state index contributed by atoms with van der Waals surface area (Å²) in [5, 5.41) is 0. The van der Waals surface area contributed by atoms with E-state index in [-0.39, 0.29) is 0 Å². The van der Waals surface area contributed by atoms with Gasteiger partial charge in [0.2, 0.25) is 6.29 Å². The molecule has 0 aromatic rings. The summed E-state index contributed by atoms with van der Waals surface area (Å²) in [6.45, 7) is 1.83. The zero-order valence-electron chi connectivity index (χ0n) is 3.52. The first kappa shape index (κ1) is 5.76. The fraction of sp³-hybridized carbons (Fsp3) is 0.500. The molecule has 0 heterocycles. The highest BCUT2D eigenvalue weighted by molar-refractivity contribution is 7.81. The molecule has 0 rings (SSSR count). The van der Waals surface area contributed by atoms with Crippen molar-refractivity contribution in [2.45, 2.75) is 13.3 Å². The standard InChI is InChI=1S/C4H5OS/c1-2-4(6)3-5/h2H2,1H3. The second-order valence-electron chi connectivity index (χ2n) is 0.879. The van der Waals surface area contributed by atoms with Crippen LogP contribution in [0.5, 0.6) is 0 Å². The van der Waals surface area contributed by atoms with Gasteiger partial charge in [-0.2, -0.15) is 0 Å². The highest BCUT2D eigenvalue weighted by Gasteiger charge is 1.83. The van der Waals surface area contributed by atoms with E-state index in [4.69, 9.17) is 0 Å². The molecule has 1 nitrogen and oxygen atoms in total. The largest absolute Gasteiger partial charge is 0.284 e. The zero-order valence-corrected chi connectivity index (χ0v) is 4.34. The molecule has 33 valence electrons. The molecule has 0 aliphatic rings. The summed E-state index contributed by atoms with van der Waals surface area (Å²) in [6.07, 6.45) is 2.23. The van der Waals surface area contributed by atoms with Crippen molar-refractivity contribution in [1.82, 2.24) is 0 Å². The van der Waals surface area contributed by atoms with Crippen molar-refractivity contribution >= 4 is 23.4 Å². The van der Waals surface area contributed by atoms with Crippen LogP contribution >= 0.6 is 12.2 Å². The average Bonchev–Trinajstić information content (AvgIpc) is 1.65. The van der Waals surface area contributed by atoms with Crippen molar-refractivity contribution in [1.29, 1.82) is 0 Å². The normalized spacial score (nSPS) is 7.50. The van der Waals surface area contributed by atoms with E-state index in [2.05, 4.69) is 12.2 Å². The second kappa shape index (κ2) is 2.97. The number of thiocarbonyl (C=S) groups is 1. The molecule has 0 N–H and O–H groups in total. The molecule has 0 aromatic carbocycles. The molecule has 0 aliphatic heterocycles. The first-order valence-corrected chi connectivity index (χ1v) is 2.13. The molecule has 0 unspecified atom stereocenters. The fourth-order valence-electron chi connectivity index (χ4n) is 0.0722. The molecule has 2 heteroatoms. The third-order valence-corrected chi connectivity index (χ3v) is 0.807. The molecule has 0 fully saturated rings. The Morgan fingerprint density at radius 2 is 2.50 bits per heavy atom. The Morgan fingerprint density at radius 1 is 2.00 bits per heavy atom. The summed E-state index contributed by atoms with van der Waals surface area (Å²) in [4.78, 5) is 9.84. The van der Waals surface area contributed by atoms with Crippen molar-refractivity contribution in [2.24, 2.45) is 0 Å². The summed E-state index contributed by atoms with van der Waals surface area (Å²) in [5.74, 6) is 0. The minimum absolute atomic E-state index is 0.370. The molecular weight excluding hydrogens is 96.1 g/mol. The molecule has 0 amide bonds. The van der Waals surface area contributed by atoms with Gasteiger partial charge < -0.3 is 0 Å². The van der Waals surface area contributed by atoms with Gasteiger partial charge in [-0.3, -0.25) is 4.79 Å². The predicted octanol–water partition coefficient (Wildman–Crippen LogP) is 0.876. The van der Waals surface area contributed by atoms with Crippen LogP contribution in [0.25, 0.3) is 0 Å². The quantitative estimate of drug-likeness (QED) is 0.480. The van der Waals surface area contributed by atoms with Crippen LogP contribution < -0.4 is 0 Å². The summed E-state index contributed by atoms with van der Waals surface area (Å²) in [7, 11) is 0. The van der Waals surface area contributed by atoms with Gasteiger partial charge in [0.25, 0.3) is 0 Å². The Bertz CT molecular complexity index is 67.9. The lowest BCUT2D eigenvalue weighted by atomic mass is 10.4. The van der Waals surface area contributed by atoms with E-state index in [1.165, 1.54) is 0 Å². The van der Waals surface area contributed by atoms with Crippen LogP contribution in [0.4, 0.5) is 0 Å². The summed E-state index contributed by atoms with van der Waals surface area (Å²) in [5.41, 5.74) is 0. The first-order chi connectivity index (χ1) is 2.81. The smallest absolute Gasteiger partial charge is 0.240 e. The fourth-order valence-corrected chi connectivity index (χ4v) is 0.0722. The van der Waals surface area contributed by atoms with Crippen molar-refractivity contribution in [3.63, 3.8) is 0 Å². The molecule has 0 aliphatic carbocycles. The van der Waals surface area contributed by atoms with Crippen LogP contribution in [0, 0.1) is 0 Å². The molecule has 6 heavy (non-hydrogen) atoms. The van der Waals surface area contributed by atoms with E-state index in [0.29, 0.717) is 11.3 Å². The van der Waals surface area contributed by atoms with Crippen molar-refractivity contribution in [3.05, 3.63) is 0 Å². The molecule has 0 spiro atoms. The van der Waals surface area contributed by atoms with Crippen LogP contribution in [0.15, 0.2) is 0 Å². The maximum atomic E-state index is 9.47. The molecular formula is C4H5OS. The molecule has 1 radical (unpaired) electrons. The minimum atomic E-state index is 0.370. The summed E-state index contributed by atoms with van der Waals surface area (Å²) in [6, 6.07) is 0. The van der Waals surface area contributed by atoms with E-state index in [1.54, 1.807) is 6.29 Å². The first-order valence-electron chi connectivity index (χ1n) is 1.72. The van der Waals surface area contributed by atoms with Gasteiger partial charge in [0.05, 0.1) is 4.86 Å². The third-order valence-electron chi connectivity index (χ3n) is 0.435. The van der Waals surface area contributed by atoms with Crippen molar-refractivity contribution in [2.75, 3.05) is 0 Å². The van der Waals surface area contributed by atoms with E-state index in [1.807, 2.05) is 6.92 Å². The Balaban J connectivity index is 3.23. The Hall–Kier alpha value is -0.240. The molecule has 0 saturated heterocycles. The lowest BCUT2D eigenvalue weighted by Crippen LogP contribution is -1.88. The van der Waals surface area contributed by atoms with E-state index in [9.17, 15) is 4.79 Å². The van der Waals surface area contributed by atoms with Gasteiger partial charge in [0, 0.05) is 0 Å². The molecule has 0 bridgehead atoms. The van der Waals surface area contributed by atoms with Gasteiger partial charge in [-0.05, 0) is 6.42 Å². The SMILES string of the molecule is CCC(=S)[C]=O. The Morgan fingerprint density at radius 3 is 2.50 bits per heavy atom. The lowest BCUT2D eigenvalue weighted by molar-refractivity contribution is 0.567. The van der Waals surface area contributed by atoms with Gasteiger partial charge >= 0.3 is 0 Å². The maximum Gasteiger partial charge on any atom is 0.240 e. The zero-order chi connectivity index (χ0) is 4.99. The Labute approximate surface area is 42.4 Å². The predicted molar refractivity (Wildman–Crippen MR) is 28.6 cm³/mol. The average molecular weight is 101 g/mol. The summed E-state index contributed by atoms with van der Waals surface area (Å²) >= 11 is 4.43. The lowest BCUT2D eigenvalue weighted by Gasteiger charge is -1.74. The highest BCUT2D eigenvalue weighted by Crippen LogP contribution is 1.76. The van der Waals surface area contributed by atoms with Crippen LogP contribution in [0.2, 0.25) is 0 Å². The summed E-state index contributed by atoms with van der Waals surface area (Å²) < 4.78 is 0. The molecule has 0 saturated carbocycles. The van der Waals surface area contributed by atoms with Crippen molar-refractivity contribution in [3.8, 4) is 0 Å². The number of hydrogen-bond acceptors (Lipinski definition) is 2. The minimum Gasteiger partial charge on any atom is -0.284 e. The van der Waals surface area contributed by atoms with Gasteiger partial charge in [0.1, 0.15) is 0 Å². The topological polar surface area (TPSA) is 17.1 Å². The monoisotopic (exact) mass is 101 g/mol. The molecule has 0 atom stereocenters. The number of carbonyl (C=O) groups excluding carboxylic acids is 1. The number of rotatable bonds is 2. The van der Waals surface area contributed by atoms with Gasteiger partial charge in [-0.25, -0.2) is 0 Å². The van der Waals surface area contributed by atoms with Gasteiger partial charge in [-0.15, -0.1) is 0 Å². The van der Waals surface area contributed by atoms with E-state index >= 15 is 0 Å². The Kier molecular flexibility index (Phi) is 2.85. The molecule has 0 aromatic heterocycles. The van der Waals surface area contributed by atoms with Crippen LogP contribution in [-0.2, 0) is 4.79 Å². The van der Waals surface area contributed by atoms with E-state index in [0.717, 1.165) is 0 Å². The van der Waals surface area contributed by atoms with Gasteiger partial charge in [-0.1, -0.05) is 19.1 Å². The van der Waals surface area contributed by atoms with E-state index < -0.39 is 0 Å². The van der Waals surface area contributed by atoms with Crippen LogP contribution in [0.3, 0.4) is 0 Å². The second-order valence-corrected chi connectivity index (χ2v) is 1.37. The van der Waals surface area contributed by atoms with Crippen molar-refractivity contribution < 1.29 is 4.79 Å².